The Morgan fingerprint density at radius 1 is 1.24 bits per heavy atom. The van der Waals surface area contributed by atoms with Gasteiger partial charge in [0.15, 0.2) is 0 Å². The molecule has 1 aliphatic rings. The molecular formula is C17H22F3N3O2. The second-order valence-corrected chi connectivity index (χ2v) is 6.34. The summed E-state index contributed by atoms with van der Waals surface area (Å²) in [6.45, 7) is -0.605. The molecule has 0 aliphatic carbocycles. The Kier molecular flexibility index (Phi) is 5.92. The average Bonchev–Trinajstić information content (AvgIpc) is 2.58. The number of anilines is 1. The fourth-order valence-corrected chi connectivity index (χ4v) is 2.78. The van der Waals surface area contributed by atoms with E-state index in [1.165, 1.54) is 0 Å². The van der Waals surface area contributed by atoms with Crippen molar-refractivity contribution < 1.29 is 22.8 Å². The fourth-order valence-electron chi connectivity index (χ4n) is 2.78. The lowest BCUT2D eigenvalue weighted by Crippen LogP contribution is -2.44. The summed E-state index contributed by atoms with van der Waals surface area (Å²) in [7, 11) is 3.77. The van der Waals surface area contributed by atoms with Gasteiger partial charge in [0.25, 0.3) is 5.91 Å². The van der Waals surface area contributed by atoms with Gasteiger partial charge < -0.3 is 15.1 Å². The smallest absolute Gasteiger partial charge is 0.378 e. The van der Waals surface area contributed by atoms with Gasteiger partial charge in [0.05, 0.1) is 0 Å². The molecule has 0 spiro atoms. The van der Waals surface area contributed by atoms with Gasteiger partial charge in [-0.2, -0.15) is 13.2 Å². The molecule has 1 heterocycles. The van der Waals surface area contributed by atoms with Gasteiger partial charge in [-0.05, 0) is 31.0 Å². The molecule has 8 heteroatoms. The molecule has 1 aromatic rings. The maximum absolute atomic E-state index is 12.6. The lowest BCUT2D eigenvalue weighted by molar-refractivity contribution is -0.141. The number of piperidine rings is 1. The number of nitrogens with one attached hydrogen (secondary N) is 1. The summed E-state index contributed by atoms with van der Waals surface area (Å²) in [4.78, 5) is 27.9. The first-order valence-electron chi connectivity index (χ1n) is 8.08. The molecule has 1 saturated heterocycles. The van der Waals surface area contributed by atoms with Crippen molar-refractivity contribution in [2.45, 2.75) is 19.0 Å². The van der Waals surface area contributed by atoms with Crippen LogP contribution in [-0.2, 0) is 4.79 Å². The van der Waals surface area contributed by atoms with E-state index in [-0.39, 0.29) is 5.91 Å². The molecule has 5 nitrogen and oxygen atoms in total. The zero-order valence-electron chi connectivity index (χ0n) is 14.3. The molecule has 1 fully saturated rings. The van der Waals surface area contributed by atoms with Crippen LogP contribution in [0.5, 0.6) is 0 Å². The minimum absolute atomic E-state index is 0.127. The molecule has 1 aliphatic heterocycles. The Morgan fingerprint density at radius 2 is 1.88 bits per heavy atom. The maximum atomic E-state index is 12.6. The number of hydrogen-bond acceptors (Lipinski definition) is 3. The number of carbonyl (C=O) groups is 2. The van der Waals surface area contributed by atoms with Crippen LogP contribution < -0.4 is 10.2 Å². The predicted molar refractivity (Wildman–Crippen MR) is 88.5 cm³/mol. The number of carbonyl (C=O) groups excluding carboxylic acids is 2. The Labute approximate surface area is 144 Å². The number of hydrogen-bond donors (Lipinski definition) is 1. The van der Waals surface area contributed by atoms with Crippen LogP contribution in [0.2, 0.25) is 0 Å². The summed E-state index contributed by atoms with van der Waals surface area (Å²) in [5.41, 5.74) is 1.47. The fraction of sp³-hybridized carbons (Fsp3) is 0.529. The van der Waals surface area contributed by atoms with Crippen LogP contribution in [0, 0.1) is 5.92 Å². The highest BCUT2D eigenvalue weighted by Crippen LogP contribution is 2.21. The van der Waals surface area contributed by atoms with Crippen molar-refractivity contribution in [2.75, 3.05) is 38.6 Å². The Balaban J connectivity index is 1.90. The van der Waals surface area contributed by atoms with Crippen LogP contribution in [-0.4, -0.2) is 56.6 Å². The number of alkyl halides is 3. The molecule has 2 amide bonds. The molecule has 0 saturated carbocycles. The highest BCUT2D eigenvalue weighted by molar-refractivity contribution is 5.95. The van der Waals surface area contributed by atoms with Crippen LogP contribution in [0.15, 0.2) is 24.3 Å². The number of halogens is 3. The standard InChI is InChI=1S/C17H22F3N3O2/c1-22(2)14-5-3-4-13(10-14)16(25)23-8-6-12(7-9-23)15(24)21-11-17(18,19)20/h3-5,10,12H,6-9,11H2,1-2H3,(H,21,24). The van der Waals surface area contributed by atoms with E-state index in [1.54, 1.807) is 23.1 Å². The minimum Gasteiger partial charge on any atom is -0.378 e. The normalized spacial score (nSPS) is 15.8. The molecule has 1 N–H and O–H groups in total. The molecule has 1 aromatic carbocycles. The monoisotopic (exact) mass is 357 g/mol. The quantitative estimate of drug-likeness (QED) is 0.900. The van der Waals surface area contributed by atoms with Crippen LogP contribution in [0.1, 0.15) is 23.2 Å². The zero-order chi connectivity index (χ0) is 18.6. The largest absolute Gasteiger partial charge is 0.405 e. The first-order valence-corrected chi connectivity index (χ1v) is 8.08. The summed E-state index contributed by atoms with van der Waals surface area (Å²) in [6, 6.07) is 7.23. The highest BCUT2D eigenvalue weighted by Gasteiger charge is 2.32. The zero-order valence-corrected chi connectivity index (χ0v) is 14.3. The van der Waals surface area contributed by atoms with E-state index in [1.807, 2.05) is 30.4 Å². The van der Waals surface area contributed by atoms with Crippen molar-refractivity contribution in [3.8, 4) is 0 Å². The van der Waals surface area contributed by atoms with Gasteiger partial charge in [-0.1, -0.05) is 6.07 Å². The topological polar surface area (TPSA) is 52.7 Å². The summed E-state index contributed by atoms with van der Waals surface area (Å²) < 4.78 is 36.5. The summed E-state index contributed by atoms with van der Waals surface area (Å²) in [5.74, 6) is -1.21. The molecule has 2 rings (SSSR count). The van der Waals surface area contributed by atoms with E-state index in [0.29, 0.717) is 31.5 Å². The number of benzene rings is 1. The van der Waals surface area contributed by atoms with E-state index >= 15 is 0 Å². The Bertz CT molecular complexity index is 624. The lowest BCUT2D eigenvalue weighted by Gasteiger charge is -2.31. The van der Waals surface area contributed by atoms with Gasteiger partial charge >= 0.3 is 6.18 Å². The van der Waals surface area contributed by atoms with Crippen molar-refractivity contribution in [3.05, 3.63) is 29.8 Å². The molecule has 0 unspecified atom stereocenters. The molecule has 0 aromatic heterocycles. The molecule has 25 heavy (non-hydrogen) atoms. The van der Waals surface area contributed by atoms with Gasteiger partial charge in [0, 0.05) is 44.4 Å². The number of rotatable bonds is 4. The SMILES string of the molecule is CN(C)c1cccc(C(=O)N2CCC(C(=O)NCC(F)(F)F)CC2)c1. The number of likely N-dealkylation sites (tertiary alicyclic amines) is 1. The van der Waals surface area contributed by atoms with Crippen molar-refractivity contribution in [1.82, 2.24) is 10.2 Å². The van der Waals surface area contributed by atoms with E-state index in [0.717, 1.165) is 5.69 Å². The van der Waals surface area contributed by atoms with Crippen molar-refractivity contribution in [3.63, 3.8) is 0 Å². The summed E-state index contributed by atoms with van der Waals surface area (Å²) in [6.07, 6.45) is -3.69. The number of nitrogens with zero attached hydrogens (tertiary/aromatic N) is 2. The summed E-state index contributed by atoms with van der Waals surface area (Å²) in [5, 5.41) is 1.92. The van der Waals surface area contributed by atoms with E-state index < -0.39 is 24.5 Å². The average molecular weight is 357 g/mol. The van der Waals surface area contributed by atoms with E-state index in [9.17, 15) is 22.8 Å². The molecule has 0 atom stereocenters. The lowest BCUT2D eigenvalue weighted by atomic mass is 9.95. The van der Waals surface area contributed by atoms with E-state index in [4.69, 9.17) is 0 Å². The maximum Gasteiger partial charge on any atom is 0.405 e. The third-order valence-corrected chi connectivity index (χ3v) is 4.23. The first-order chi connectivity index (χ1) is 11.7. The van der Waals surface area contributed by atoms with Crippen LogP contribution in [0.4, 0.5) is 18.9 Å². The minimum atomic E-state index is -4.41. The van der Waals surface area contributed by atoms with E-state index in [2.05, 4.69) is 0 Å². The molecular weight excluding hydrogens is 335 g/mol. The summed E-state index contributed by atoms with van der Waals surface area (Å²) >= 11 is 0. The predicted octanol–water partition coefficient (Wildman–Crippen LogP) is 2.28. The Hall–Kier alpha value is -2.25. The van der Waals surface area contributed by atoms with Crippen LogP contribution >= 0.6 is 0 Å². The Morgan fingerprint density at radius 3 is 2.44 bits per heavy atom. The van der Waals surface area contributed by atoms with Crippen molar-refractivity contribution >= 4 is 17.5 Å². The van der Waals surface area contributed by atoms with Gasteiger partial charge in [-0.3, -0.25) is 9.59 Å². The molecule has 0 bridgehead atoms. The second kappa shape index (κ2) is 7.76. The van der Waals surface area contributed by atoms with Gasteiger partial charge in [0.2, 0.25) is 5.91 Å². The van der Waals surface area contributed by atoms with Crippen molar-refractivity contribution in [2.24, 2.45) is 5.92 Å². The second-order valence-electron chi connectivity index (χ2n) is 6.34. The third-order valence-electron chi connectivity index (χ3n) is 4.23. The third kappa shape index (κ3) is 5.37. The van der Waals surface area contributed by atoms with Crippen LogP contribution in [0.25, 0.3) is 0 Å². The van der Waals surface area contributed by atoms with Gasteiger partial charge in [-0.25, -0.2) is 0 Å². The van der Waals surface area contributed by atoms with Crippen molar-refractivity contribution in [1.29, 1.82) is 0 Å². The highest BCUT2D eigenvalue weighted by atomic mass is 19.4. The molecule has 0 radical (unpaired) electrons. The number of amides is 2. The molecule has 138 valence electrons. The van der Waals surface area contributed by atoms with Gasteiger partial charge in [-0.15, -0.1) is 0 Å². The van der Waals surface area contributed by atoms with Crippen LogP contribution in [0.3, 0.4) is 0 Å². The first kappa shape index (κ1) is 19.1. The van der Waals surface area contributed by atoms with Gasteiger partial charge in [0.1, 0.15) is 6.54 Å².